The van der Waals surface area contributed by atoms with Crippen molar-refractivity contribution >= 4 is 5.91 Å². The first kappa shape index (κ1) is 16.6. The van der Waals surface area contributed by atoms with Crippen LogP contribution in [0.1, 0.15) is 48.3 Å². The van der Waals surface area contributed by atoms with Crippen LogP contribution in [0.2, 0.25) is 0 Å². The molecule has 0 heterocycles. The molecule has 0 aliphatic heterocycles. The molecule has 0 radical (unpaired) electrons. The number of methoxy groups -OCH3 is 1. The van der Waals surface area contributed by atoms with E-state index in [1.807, 2.05) is 0 Å². The van der Waals surface area contributed by atoms with Crippen LogP contribution < -0.4 is 10.1 Å². The molecule has 2 aromatic rings. The SMILES string of the molecule is COc1ccc2c(c1)[C@H](CCNC(C)=O)C[C@H](c1ccccc1)C2. The van der Waals surface area contributed by atoms with Crippen LogP contribution in [0.25, 0.3) is 0 Å². The largest absolute Gasteiger partial charge is 0.497 e. The number of carbonyl (C=O) groups excluding carboxylic acids is 1. The minimum atomic E-state index is 0.0382. The van der Waals surface area contributed by atoms with Gasteiger partial charge in [0.15, 0.2) is 0 Å². The molecule has 0 unspecified atom stereocenters. The van der Waals surface area contributed by atoms with Gasteiger partial charge in [0.2, 0.25) is 5.91 Å². The summed E-state index contributed by atoms with van der Waals surface area (Å²) in [6.07, 6.45) is 3.15. The summed E-state index contributed by atoms with van der Waals surface area (Å²) in [5, 5.41) is 2.94. The lowest BCUT2D eigenvalue weighted by atomic mass is 9.73. The van der Waals surface area contributed by atoms with Crippen molar-refractivity contribution in [3.8, 4) is 5.75 Å². The summed E-state index contributed by atoms with van der Waals surface area (Å²) in [4.78, 5) is 11.2. The third-order valence-electron chi connectivity index (χ3n) is 4.97. The highest BCUT2D eigenvalue weighted by Crippen LogP contribution is 2.42. The summed E-state index contributed by atoms with van der Waals surface area (Å²) in [5.74, 6) is 1.93. The van der Waals surface area contributed by atoms with E-state index in [0.717, 1.165) is 31.6 Å². The molecule has 24 heavy (non-hydrogen) atoms. The maximum Gasteiger partial charge on any atom is 0.216 e. The molecule has 2 atom stereocenters. The summed E-state index contributed by atoms with van der Waals surface area (Å²) >= 11 is 0. The predicted octanol–water partition coefficient (Wildman–Crippen LogP) is 4.04. The van der Waals surface area contributed by atoms with Crippen LogP contribution in [-0.4, -0.2) is 19.6 Å². The number of benzene rings is 2. The smallest absolute Gasteiger partial charge is 0.216 e. The minimum absolute atomic E-state index is 0.0382. The van der Waals surface area contributed by atoms with Gasteiger partial charge in [-0.1, -0.05) is 36.4 Å². The van der Waals surface area contributed by atoms with Gasteiger partial charge < -0.3 is 10.1 Å². The highest BCUT2D eigenvalue weighted by Gasteiger charge is 2.28. The lowest BCUT2D eigenvalue weighted by molar-refractivity contribution is -0.118. The van der Waals surface area contributed by atoms with Gasteiger partial charge in [-0.2, -0.15) is 0 Å². The molecule has 3 nitrogen and oxygen atoms in total. The molecule has 1 N–H and O–H groups in total. The summed E-state index contributed by atoms with van der Waals surface area (Å²) in [7, 11) is 1.71. The van der Waals surface area contributed by atoms with E-state index in [1.54, 1.807) is 14.0 Å². The van der Waals surface area contributed by atoms with Crippen molar-refractivity contribution in [2.45, 2.75) is 38.0 Å². The van der Waals surface area contributed by atoms with Crippen LogP contribution in [0, 0.1) is 0 Å². The first-order valence-electron chi connectivity index (χ1n) is 8.63. The molecular formula is C21H25NO2. The van der Waals surface area contributed by atoms with Crippen LogP contribution in [0.3, 0.4) is 0 Å². The average molecular weight is 323 g/mol. The molecule has 1 aliphatic rings. The Morgan fingerprint density at radius 1 is 1.21 bits per heavy atom. The van der Waals surface area contributed by atoms with Crippen molar-refractivity contribution in [1.82, 2.24) is 5.32 Å². The molecule has 0 fully saturated rings. The van der Waals surface area contributed by atoms with E-state index >= 15 is 0 Å². The number of hydrogen-bond donors (Lipinski definition) is 1. The average Bonchev–Trinajstić information content (AvgIpc) is 2.61. The Bertz CT molecular complexity index is 696. The molecule has 0 saturated carbocycles. The molecule has 126 valence electrons. The number of amides is 1. The number of rotatable bonds is 5. The van der Waals surface area contributed by atoms with E-state index in [0.29, 0.717) is 11.8 Å². The molecule has 3 rings (SSSR count). The number of fused-ring (bicyclic) bond motifs is 1. The zero-order valence-electron chi connectivity index (χ0n) is 14.4. The van der Waals surface area contributed by atoms with E-state index in [-0.39, 0.29) is 5.91 Å². The van der Waals surface area contributed by atoms with Gasteiger partial charge in [-0.3, -0.25) is 4.79 Å². The highest BCUT2D eigenvalue weighted by molar-refractivity contribution is 5.72. The van der Waals surface area contributed by atoms with Gasteiger partial charge in [-0.05, 0) is 59.9 Å². The van der Waals surface area contributed by atoms with Crippen molar-refractivity contribution in [1.29, 1.82) is 0 Å². The number of carbonyl (C=O) groups is 1. The second-order valence-electron chi connectivity index (χ2n) is 6.58. The fraction of sp³-hybridized carbons (Fsp3) is 0.381. The number of hydrogen-bond acceptors (Lipinski definition) is 2. The second kappa shape index (κ2) is 7.52. The van der Waals surface area contributed by atoms with Crippen LogP contribution in [-0.2, 0) is 11.2 Å². The third kappa shape index (κ3) is 3.78. The van der Waals surface area contributed by atoms with Crippen molar-refractivity contribution in [2.24, 2.45) is 0 Å². The number of ether oxygens (including phenoxy) is 1. The minimum Gasteiger partial charge on any atom is -0.497 e. The molecule has 0 spiro atoms. The first-order valence-corrected chi connectivity index (χ1v) is 8.63. The first-order chi connectivity index (χ1) is 11.7. The van der Waals surface area contributed by atoms with Gasteiger partial charge in [0.25, 0.3) is 0 Å². The Hall–Kier alpha value is -2.29. The van der Waals surface area contributed by atoms with Crippen molar-refractivity contribution < 1.29 is 9.53 Å². The van der Waals surface area contributed by atoms with Gasteiger partial charge in [0.05, 0.1) is 7.11 Å². The summed E-state index contributed by atoms with van der Waals surface area (Å²) < 4.78 is 5.41. The van der Waals surface area contributed by atoms with Gasteiger partial charge >= 0.3 is 0 Å². The molecule has 1 amide bonds. The zero-order valence-corrected chi connectivity index (χ0v) is 14.4. The third-order valence-corrected chi connectivity index (χ3v) is 4.97. The molecule has 0 saturated heterocycles. The molecule has 0 aromatic heterocycles. The van der Waals surface area contributed by atoms with E-state index in [1.165, 1.54) is 16.7 Å². The van der Waals surface area contributed by atoms with Crippen molar-refractivity contribution in [3.05, 3.63) is 65.2 Å². The Labute approximate surface area is 144 Å². The molecule has 1 aliphatic carbocycles. The Morgan fingerprint density at radius 2 is 2.00 bits per heavy atom. The van der Waals surface area contributed by atoms with Crippen LogP contribution in [0.4, 0.5) is 0 Å². The second-order valence-corrected chi connectivity index (χ2v) is 6.58. The monoisotopic (exact) mass is 323 g/mol. The highest BCUT2D eigenvalue weighted by atomic mass is 16.5. The van der Waals surface area contributed by atoms with Gasteiger partial charge in [-0.25, -0.2) is 0 Å². The van der Waals surface area contributed by atoms with Crippen molar-refractivity contribution in [2.75, 3.05) is 13.7 Å². The topological polar surface area (TPSA) is 38.3 Å². The van der Waals surface area contributed by atoms with Crippen LogP contribution in [0.5, 0.6) is 5.75 Å². The van der Waals surface area contributed by atoms with Crippen molar-refractivity contribution in [3.63, 3.8) is 0 Å². The molecule has 2 aromatic carbocycles. The quantitative estimate of drug-likeness (QED) is 0.902. The van der Waals surface area contributed by atoms with Gasteiger partial charge in [0.1, 0.15) is 5.75 Å². The lowest BCUT2D eigenvalue weighted by Crippen LogP contribution is -2.25. The summed E-state index contributed by atoms with van der Waals surface area (Å²) in [6.45, 7) is 2.29. The number of nitrogens with one attached hydrogen (secondary N) is 1. The Morgan fingerprint density at radius 3 is 2.71 bits per heavy atom. The fourth-order valence-corrected chi connectivity index (χ4v) is 3.76. The Kier molecular flexibility index (Phi) is 5.19. The van der Waals surface area contributed by atoms with E-state index in [4.69, 9.17) is 4.74 Å². The Balaban J connectivity index is 1.85. The fourth-order valence-electron chi connectivity index (χ4n) is 3.76. The molecular weight excluding hydrogens is 298 g/mol. The maximum absolute atomic E-state index is 11.2. The van der Waals surface area contributed by atoms with Crippen LogP contribution in [0.15, 0.2) is 48.5 Å². The normalized spacial score (nSPS) is 19.4. The van der Waals surface area contributed by atoms with Gasteiger partial charge in [-0.15, -0.1) is 0 Å². The molecule has 3 heteroatoms. The molecule has 0 bridgehead atoms. The van der Waals surface area contributed by atoms with E-state index < -0.39 is 0 Å². The van der Waals surface area contributed by atoms with E-state index in [2.05, 4.69) is 53.8 Å². The maximum atomic E-state index is 11.2. The lowest BCUT2D eigenvalue weighted by Gasteiger charge is -2.32. The summed E-state index contributed by atoms with van der Waals surface area (Å²) in [5.41, 5.74) is 4.19. The zero-order chi connectivity index (χ0) is 16.9. The van der Waals surface area contributed by atoms with E-state index in [9.17, 15) is 4.79 Å². The van der Waals surface area contributed by atoms with Crippen LogP contribution >= 0.6 is 0 Å². The van der Waals surface area contributed by atoms with Gasteiger partial charge in [0, 0.05) is 13.5 Å². The summed E-state index contributed by atoms with van der Waals surface area (Å²) in [6, 6.07) is 17.2. The predicted molar refractivity (Wildman–Crippen MR) is 96.5 cm³/mol. The standard InChI is InChI=1S/C21H25NO2/c1-15(23)22-11-10-18-13-19(16-6-4-3-5-7-16)12-17-8-9-20(24-2)14-21(17)18/h3-9,14,18-19H,10-13H2,1-2H3,(H,22,23)/t18-,19-/m1/s1.